The van der Waals surface area contributed by atoms with Gasteiger partial charge < -0.3 is 5.43 Å². The quantitative estimate of drug-likeness (QED) is 0.402. The van der Waals surface area contributed by atoms with Crippen molar-refractivity contribution >= 4 is 17.4 Å². The molecule has 29 heavy (non-hydrogen) atoms. The third kappa shape index (κ3) is 6.20. The number of hydrogen-bond acceptors (Lipinski definition) is 6. The van der Waals surface area contributed by atoms with E-state index in [1.165, 1.54) is 35.4 Å². The normalized spacial score (nSPS) is 10.8. The lowest BCUT2D eigenvalue weighted by Crippen LogP contribution is -2.40. The molecule has 2 heterocycles. The van der Waals surface area contributed by atoms with E-state index in [-0.39, 0.29) is 27.7 Å². The number of nitrogens with one attached hydrogen (secondary N) is 1. The van der Waals surface area contributed by atoms with E-state index in [4.69, 9.17) is 17.4 Å². The molecule has 0 radical (unpaired) electrons. The van der Waals surface area contributed by atoms with Gasteiger partial charge in [-0.1, -0.05) is 39.3 Å². The van der Waals surface area contributed by atoms with Gasteiger partial charge in [0.25, 0.3) is 11.1 Å². The Morgan fingerprint density at radius 1 is 0.862 bits per heavy atom. The van der Waals surface area contributed by atoms with Gasteiger partial charge in [-0.2, -0.15) is 0 Å². The van der Waals surface area contributed by atoms with Crippen molar-refractivity contribution in [3.05, 3.63) is 59.0 Å². The van der Waals surface area contributed by atoms with Crippen molar-refractivity contribution in [3.8, 4) is 0 Å². The molecule has 10 nitrogen and oxygen atoms in total. The topological polar surface area (TPSA) is 126 Å². The highest BCUT2D eigenvalue weighted by Gasteiger charge is 2.09. The summed E-state index contributed by atoms with van der Waals surface area (Å²) in [4.78, 5) is 45.8. The fourth-order valence-electron chi connectivity index (χ4n) is 2.51. The van der Waals surface area contributed by atoms with Gasteiger partial charge in [0.05, 0.1) is 0 Å². The average molecular weight is 429 g/mol. The van der Waals surface area contributed by atoms with E-state index in [0.717, 1.165) is 9.13 Å². The van der Waals surface area contributed by atoms with Crippen LogP contribution in [0.15, 0.2) is 31.3 Å². The smallest absolute Gasteiger partial charge is 0.310 e. The minimum Gasteiger partial charge on any atom is -0.310 e. The van der Waals surface area contributed by atoms with Crippen LogP contribution in [-0.2, 0) is 27.2 Å². The second-order valence-electron chi connectivity index (χ2n) is 7.51. The first-order chi connectivity index (χ1) is 13.4. The molecule has 11 heteroatoms. The molecule has 0 bridgehead atoms. The molecule has 0 saturated heterocycles. The maximum absolute atomic E-state index is 11.7. The zero-order valence-corrected chi connectivity index (χ0v) is 18.4. The minimum atomic E-state index is -0.375. The highest BCUT2D eigenvalue weighted by molar-refractivity contribution is 6.29. The van der Waals surface area contributed by atoms with Crippen LogP contribution in [-0.4, -0.2) is 18.3 Å². The van der Waals surface area contributed by atoms with E-state index < -0.39 is 0 Å². The summed E-state index contributed by atoms with van der Waals surface area (Å²) in [6, 6.07) is 2.56. The second kappa shape index (κ2) is 10.3. The largest absolute Gasteiger partial charge is 0.332 e. The fourth-order valence-corrected chi connectivity index (χ4v) is 2.74. The van der Waals surface area contributed by atoms with Crippen LogP contribution in [0, 0.1) is 11.8 Å². The Hall–Kier alpha value is -2.59. The SMILES string of the molecule is CC(C)Cn1c(Cl)cc(=O)n(C)c1=O.CC(C)Cn1c(NN)cc(=O)n(C)c1=O. The predicted molar refractivity (Wildman–Crippen MR) is 114 cm³/mol. The van der Waals surface area contributed by atoms with Crippen molar-refractivity contribution in [2.45, 2.75) is 40.8 Å². The Morgan fingerprint density at radius 3 is 1.72 bits per heavy atom. The van der Waals surface area contributed by atoms with Crippen LogP contribution >= 0.6 is 11.6 Å². The van der Waals surface area contributed by atoms with Crippen LogP contribution in [0.1, 0.15) is 27.7 Å². The van der Waals surface area contributed by atoms with Crippen molar-refractivity contribution in [1.82, 2.24) is 18.3 Å². The van der Waals surface area contributed by atoms with Crippen LogP contribution in [0.5, 0.6) is 0 Å². The van der Waals surface area contributed by atoms with Gasteiger partial charge in [-0.05, 0) is 11.8 Å². The molecule has 0 unspecified atom stereocenters. The maximum Gasteiger partial charge on any atom is 0.332 e. The van der Waals surface area contributed by atoms with Crippen LogP contribution < -0.4 is 33.8 Å². The second-order valence-corrected chi connectivity index (χ2v) is 7.90. The van der Waals surface area contributed by atoms with Crippen molar-refractivity contribution in [3.63, 3.8) is 0 Å². The van der Waals surface area contributed by atoms with Crippen molar-refractivity contribution in [2.75, 3.05) is 5.43 Å². The number of nitrogens with two attached hydrogens (primary N) is 1. The Morgan fingerprint density at radius 2 is 1.28 bits per heavy atom. The number of halogens is 1. The highest BCUT2D eigenvalue weighted by Crippen LogP contribution is 2.05. The van der Waals surface area contributed by atoms with Gasteiger partial charge in [0.2, 0.25) is 0 Å². The Bertz CT molecular complexity index is 1080. The third-order valence-electron chi connectivity index (χ3n) is 3.99. The summed E-state index contributed by atoms with van der Waals surface area (Å²) in [6.45, 7) is 8.97. The number of aromatic nitrogens is 4. The molecule has 162 valence electrons. The number of rotatable bonds is 5. The van der Waals surface area contributed by atoms with Gasteiger partial charge in [0.1, 0.15) is 11.0 Å². The lowest BCUT2D eigenvalue weighted by atomic mass is 10.2. The van der Waals surface area contributed by atoms with Gasteiger partial charge >= 0.3 is 11.4 Å². The molecule has 0 atom stereocenters. The monoisotopic (exact) mass is 428 g/mol. The van der Waals surface area contributed by atoms with E-state index in [2.05, 4.69) is 5.43 Å². The minimum absolute atomic E-state index is 0.201. The molecule has 3 N–H and O–H groups in total. The van der Waals surface area contributed by atoms with Gasteiger partial charge in [0.15, 0.2) is 0 Å². The van der Waals surface area contributed by atoms with Crippen molar-refractivity contribution in [2.24, 2.45) is 31.8 Å². The zero-order chi connectivity index (χ0) is 22.5. The molecule has 0 amide bonds. The van der Waals surface area contributed by atoms with Gasteiger partial charge in [-0.15, -0.1) is 0 Å². The molecule has 0 saturated carbocycles. The molecule has 0 aliphatic rings. The van der Waals surface area contributed by atoms with E-state index in [0.29, 0.717) is 30.7 Å². The first-order valence-corrected chi connectivity index (χ1v) is 9.52. The summed E-state index contributed by atoms with van der Waals surface area (Å²) >= 11 is 5.80. The lowest BCUT2D eigenvalue weighted by molar-refractivity contribution is 0.488. The molecule has 0 aliphatic heterocycles. The summed E-state index contributed by atoms with van der Waals surface area (Å²) in [5.41, 5.74) is 0.895. The fraction of sp³-hybridized carbons (Fsp3) is 0.556. The molecule has 2 aromatic heterocycles. The van der Waals surface area contributed by atoms with Crippen LogP contribution in [0.4, 0.5) is 5.82 Å². The van der Waals surface area contributed by atoms with Gasteiger partial charge in [-0.3, -0.25) is 27.9 Å². The molecule has 0 aliphatic carbocycles. The Labute approximate surface area is 173 Å². The highest BCUT2D eigenvalue weighted by atomic mass is 35.5. The summed E-state index contributed by atoms with van der Waals surface area (Å²) in [7, 11) is 2.89. The van der Waals surface area contributed by atoms with Crippen LogP contribution in [0.25, 0.3) is 0 Å². The number of anilines is 1. The molecule has 0 aromatic carbocycles. The molecular formula is C18H29ClN6O4. The molecule has 2 rings (SSSR count). The third-order valence-corrected chi connectivity index (χ3v) is 4.30. The summed E-state index contributed by atoms with van der Waals surface area (Å²) < 4.78 is 4.96. The van der Waals surface area contributed by atoms with Gasteiger partial charge in [-0.25, -0.2) is 15.4 Å². The number of nitrogens with zero attached hydrogens (tertiary/aromatic N) is 4. The first-order valence-electron chi connectivity index (χ1n) is 9.14. The number of hydrazine groups is 1. The lowest BCUT2D eigenvalue weighted by Gasteiger charge is -2.14. The summed E-state index contributed by atoms with van der Waals surface area (Å²) in [6.07, 6.45) is 0. The number of nitrogen functional groups attached to an aromatic ring is 1. The Kier molecular flexibility index (Phi) is 8.65. The zero-order valence-electron chi connectivity index (χ0n) is 17.6. The van der Waals surface area contributed by atoms with Gasteiger partial charge in [0, 0.05) is 39.3 Å². The van der Waals surface area contributed by atoms with Crippen LogP contribution in [0.3, 0.4) is 0 Å². The van der Waals surface area contributed by atoms with E-state index in [1.807, 2.05) is 27.7 Å². The molecule has 0 fully saturated rings. The summed E-state index contributed by atoms with van der Waals surface area (Å²) in [5, 5.41) is 0.201. The average Bonchev–Trinajstić information content (AvgIpc) is 2.64. The standard InChI is InChI=1S/C9H13ClN2O2.C9H16N4O2/c1-6(2)5-12-7(10)4-8(13)11(3)9(12)14;1-6(2)5-13-7(11-10)4-8(14)12(3)9(13)15/h4,6H,5H2,1-3H3;4,6,11H,5,10H2,1-3H3. The molecule has 0 spiro atoms. The first kappa shape index (κ1) is 24.4. The van der Waals surface area contributed by atoms with E-state index >= 15 is 0 Å². The summed E-state index contributed by atoms with van der Waals surface area (Å²) in [5.74, 6) is 6.21. The van der Waals surface area contributed by atoms with E-state index in [1.54, 1.807) is 0 Å². The maximum atomic E-state index is 11.7. The molecular weight excluding hydrogens is 400 g/mol. The molecule has 2 aromatic rings. The van der Waals surface area contributed by atoms with Crippen molar-refractivity contribution in [1.29, 1.82) is 0 Å². The Balaban J connectivity index is 0.000000291. The van der Waals surface area contributed by atoms with E-state index in [9.17, 15) is 19.2 Å². The van der Waals surface area contributed by atoms with Crippen molar-refractivity contribution < 1.29 is 0 Å². The van der Waals surface area contributed by atoms with Crippen LogP contribution in [0.2, 0.25) is 5.15 Å². The number of hydrogen-bond donors (Lipinski definition) is 2. The predicted octanol–water partition coefficient (Wildman–Crippen LogP) is 0.345.